The molecular formula is C26H30N4O4. The number of nitrogens with zero attached hydrogens (tertiary/aromatic N) is 3. The molecule has 8 nitrogen and oxygen atoms in total. The van der Waals surface area contributed by atoms with Gasteiger partial charge in [0.25, 0.3) is 5.91 Å². The molecule has 0 saturated carbocycles. The van der Waals surface area contributed by atoms with Crippen LogP contribution in [0.5, 0.6) is 5.75 Å². The predicted molar refractivity (Wildman–Crippen MR) is 127 cm³/mol. The fourth-order valence-corrected chi connectivity index (χ4v) is 4.16. The molecular weight excluding hydrogens is 432 g/mol. The lowest BCUT2D eigenvalue weighted by Gasteiger charge is -2.25. The Balaban J connectivity index is 1.55. The number of carbonyl (C=O) groups is 2. The SMILES string of the molecule is COc1cccc(COC2CN(Cc3ccccn3)C(=O)CN(C(=O)c3[nH]c(C)cc3C)C2)c1. The molecule has 1 saturated heterocycles. The number of ether oxygens (including phenoxy) is 2. The minimum atomic E-state index is -0.360. The Labute approximate surface area is 199 Å². The van der Waals surface area contributed by atoms with Gasteiger partial charge >= 0.3 is 0 Å². The molecule has 3 heterocycles. The molecule has 4 rings (SSSR count). The average molecular weight is 463 g/mol. The normalized spacial score (nSPS) is 16.4. The van der Waals surface area contributed by atoms with Crippen LogP contribution in [0.15, 0.2) is 54.7 Å². The van der Waals surface area contributed by atoms with Crippen LogP contribution in [0.4, 0.5) is 0 Å². The first-order valence-corrected chi connectivity index (χ1v) is 11.3. The first kappa shape index (κ1) is 23.5. The molecule has 0 aliphatic carbocycles. The molecule has 0 radical (unpaired) electrons. The lowest BCUT2D eigenvalue weighted by molar-refractivity contribution is -0.132. The maximum atomic E-state index is 13.3. The van der Waals surface area contributed by atoms with Crippen molar-refractivity contribution in [3.05, 3.63) is 82.9 Å². The second-order valence-corrected chi connectivity index (χ2v) is 8.58. The highest BCUT2D eigenvalue weighted by Gasteiger charge is 2.32. The summed E-state index contributed by atoms with van der Waals surface area (Å²) in [6.45, 7) is 5.17. The van der Waals surface area contributed by atoms with Crippen LogP contribution in [-0.4, -0.2) is 64.4 Å². The Hall–Kier alpha value is -3.65. The summed E-state index contributed by atoms with van der Waals surface area (Å²) >= 11 is 0. The molecule has 1 aromatic carbocycles. The Morgan fingerprint density at radius 2 is 2.00 bits per heavy atom. The maximum absolute atomic E-state index is 13.3. The van der Waals surface area contributed by atoms with Gasteiger partial charge in [-0.25, -0.2) is 0 Å². The van der Waals surface area contributed by atoms with E-state index < -0.39 is 0 Å². The van der Waals surface area contributed by atoms with E-state index in [4.69, 9.17) is 9.47 Å². The molecule has 8 heteroatoms. The molecule has 2 amide bonds. The highest BCUT2D eigenvalue weighted by molar-refractivity contribution is 5.96. The number of nitrogens with one attached hydrogen (secondary N) is 1. The van der Waals surface area contributed by atoms with Gasteiger partial charge in [-0.3, -0.25) is 14.6 Å². The van der Waals surface area contributed by atoms with Crippen molar-refractivity contribution in [2.24, 2.45) is 0 Å². The molecule has 34 heavy (non-hydrogen) atoms. The van der Waals surface area contributed by atoms with Gasteiger partial charge in [-0.1, -0.05) is 18.2 Å². The van der Waals surface area contributed by atoms with Crippen LogP contribution in [0.1, 0.15) is 33.0 Å². The minimum absolute atomic E-state index is 0.0117. The van der Waals surface area contributed by atoms with E-state index in [-0.39, 0.29) is 24.5 Å². The Kier molecular flexibility index (Phi) is 7.27. The quantitative estimate of drug-likeness (QED) is 0.583. The van der Waals surface area contributed by atoms with Crippen molar-refractivity contribution in [3.63, 3.8) is 0 Å². The Morgan fingerprint density at radius 1 is 1.15 bits per heavy atom. The number of methoxy groups -OCH3 is 1. The first-order valence-electron chi connectivity index (χ1n) is 11.3. The van der Waals surface area contributed by atoms with Crippen LogP contribution in [0, 0.1) is 13.8 Å². The fraction of sp³-hybridized carbons (Fsp3) is 0.346. The number of rotatable bonds is 7. The number of hydrogen-bond acceptors (Lipinski definition) is 5. The standard InChI is InChI=1S/C26H30N4O4/c1-18-11-19(2)28-25(18)26(32)30-15-23(34-17-20-7-6-9-22(12-20)33-3)14-29(24(31)16-30)13-21-8-4-5-10-27-21/h4-12,23,28H,13-17H2,1-3H3. The zero-order valence-electron chi connectivity index (χ0n) is 19.8. The molecule has 2 aromatic heterocycles. The van der Waals surface area contributed by atoms with Gasteiger partial charge in [0.1, 0.15) is 18.0 Å². The van der Waals surface area contributed by atoms with Crippen molar-refractivity contribution >= 4 is 11.8 Å². The van der Waals surface area contributed by atoms with E-state index in [1.54, 1.807) is 23.1 Å². The maximum Gasteiger partial charge on any atom is 0.271 e. The second-order valence-electron chi connectivity index (χ2n) is 8.58. The Bertz CT molecular complexity index is 1140. The minimum Gasteiger partial charge on any atom is -0.497 e. The molecule has 0 bridgehead atoms. The van der Waals surface area contributed by atoms with Crippen LogP contribution in [0.3, 0.4) is 0 Å². The molecule has 1 fully saturated rings. The summed E-state index contributed by atoms with van der Waals surface area (Å²) in [4.78, 5) is 37.3. The van der Waals surface area contributed by atoms with Crippen LogP contribution in [-0.2, 0) is 22.7 Å². The molecule has 178 valence electrons. The van der Waals surface area contributed by atoms with Crippen molar-refractivity contribution in [1.82, 2.24) is 19.8 Å². The summed E-state index contributed by atoms with van der Waals surface area (Å²) < 4.78 is 11.5. The number of H-pyrrole nitrogens is 1. The van der Waals surface area contributed by atoms with Crippen LogP contribution >= 0.6 is 0 Å². The van der Waals surface area contributed by atoms with Crippen LogP contribution in [0.2, 0.25) is 0 Å². The van der Waals surface area contributed by atoms with Gasteiger partial charge in [0.05, 0.1) is 32.1 Å². The third-order valence-corrected chi connectivity index (χ3v) is 5.88. The zero-order valence-corrected chi connectivity index (χ0v) is 19.8. The number of hydrogen-bond donors (Lipinski definition) is 1. The number of amides is 2. The lowest BCUT2D eigenvalue weighted by atomic mass is 10.2. The molecule has 1 aliphatic rings. The van der Waals surface area contributed by atoms with Gasteiger partial charge in [-0.2, -0.15) is 0 Å². The van der Waals surface area contributed by atoms with Gasteiger partial charge in [-0.15, -0.1) is 0 Å². The number of benzene rings is 1. The summed E-state index contributed by atoms with van der Waals surface area (Å²) in [6.07, 6.45) is 1.35. The summed E-state index contributed by atoms with van der Waals surface area (Å²) in [5, 5.41) is 0. The van der Waals surface area contributed by atoms with E-state index in [9.17, 15) is 9.59 Å². The third kappa shape index (κ3) is 5.63. The van der Waals surface area contributed by atoms with E-state index in [2.05, 4.69) is 9.97 Å². The van der Waals surface area contributed by atoms with Crippen molar-refractivity contribution in [2.45, 2.75) is 33.1 Å². The van der Waals surface area contributed by atoms with E-state index >= 15 is 0 Å². The van der Waals surface area contributed by atoms with Crippen molar-refractivity contribution in [3.8, 4) is 5.75 Å². The van der Waals surface area contributed by atoms with Gasteiger partial charge < -0.3 is 24.3 Å². The molecule has 0 spiro atoms. The highest BCUT2D eigenvalue weighted by Crippen LogP contribution is 2.19. The first-order chi connectivity index (χ1) is 16.4. The van der Waals surface area contributed by atoms with Crippen molar-refractivity contribution in [2.75, 3.05) is 26.7 Å². The molecule has 1 aliphatic heterocycles. The van der Waals surface area contributed by atoms with Crippen LogP contribution < -0.4 is 4.74 Å². The topological polar surface area (TPSA) is 87.8 Å². The third-order valence-electron chi connectivity index (χ3n) is 5.88. The number of aromatic nitrogens is 2. The fourth-order valence-electron chi connectivity index (χ4n) is 4.16. The summed E-state index contributed by atoms with van der Waals surface area (Å²) in [5.41, 5.74) is 4.02. The van der Waals surface area contributed by atoms with Gasteiger partial charge in [0.15, 0.2) is 0 Å². The van der Waals surface area contributed by atoms with Gasteiger partial charge in [-0.05, 0) is 55.3 Å². The molecule has 3 aromatic rings. The molecule has 1 unspecified atom stereocenters. The highest BCUT2D eigenvalue weighted by atomic mass is 16.5. The number of aromatic amines is 1. The van der Waals surface area contributed by atoms with E-state index in [0.29, 0.717) is 31.9 Å². The summed E-state index contributed by atoms with van der Waals surface area (Å²) in [5.74, 6) is 0.421. The van der Waals surface area contributed by atoms with Crippen molar-refractivity contribution < 1.29 is 19.1 Å². The monoisotopic (exact) mass is 462 g/mol. The van der Waals surface area contributed by atoms with E-state index in [1.807, 2.05) is 62.4 Å². The number of aryl methyl sites for hydroxylation is 2. The zero-order chi connectivity index (χ0) is 24.1. The lowest BCUT2D eigenvalue weighted by Crippen LogP contribution is -2.40. The van der Waals surface area contributed by atoms with E-state index in [1.165, 1.54) is 0 Å². The Morgan fingerprint density at radius 3 is 2.71 bits per heavy atom. The number of pyridine rings is 1. The summed E-state index contributed by atoms with van der Waals surface area (Å²) in [7, 11) is 1.63. The molecule has 1 atom stereocenters. The smallest absolute Gasteiger partial charge is 0.271 e. The van der Waals surface area contributed by atoms with Gasteiger partial charge in [0, 0.05) is 25.0 Å². The molecule has 1 N–H and O–H groups in total. The predicted octanol–water partition coefficient (Wildman–Crippen LogP) is 3.11. The average Bonchev–Trinajstić information content (AvgIpc) is 3.10. The van der Waals surface area contributed by atoms with E-state index in [0.717, 1.165) is 28.3 Å². The van der Waals surface area contributed by atoms with Crippen LogP contribution in [0.25, 0.3) is 0 Å². The largest absolute Gasteiger partial charge is 0.497 e. The second kappa shape index (κ2) is 10.5. The summed E-state index contributed by atoms with van der Waals surface area (Å²) in [6, 6.07) is 15.2. The van der Waals surface area contributed by atoms with Gasteiger partial charge in [0.2, 0.25) is 5.91 Å². The van der Waals surface area contributed by atoms with Crippen molar-refractivity contribution in [1.29, 1.82) is 0 Å². The number of carbonyl (C=O) groups excluding carboxylic acids is 2.